The zero-order valence-electron chi connectivity index (χ0n) is 11.7. The summed E-state index contributed by atoms with van der Waals surface area (Å²) >= 11 is 1.52. The van der Waals surface area contributed by atoms with Crippen molar-refractivity contribution in [3.05, 3.63) is 40.3 Å². The van der Waals surface area contributed by atoms with Crippen molar-refractivity contribution in [2.24, 2.45) is 5.92 Å². The minimum absolute atomic E-state index is 0.00327. The molecule has 0 aliphatic carbocycles. The second-order valence-electron chi connectivity index (χ2n) is 4.88. The minimum atomic E-state index is -0.178. The molecular weight excluding hydrogens is 288 g/mol. The van der Waals surface area contributed by atoms with Gasteiger partial charge in [0.25, 0.3) is 0 Å². The molecule has 0 saturated heterocycles. The maximum atomic E-state index is 12.2. The van der Waals surface area contributed by atoms with Crippen molar-refractivity contribution in [2.75, 3.05) is 13.7 Å². The van der Waals surface area contributed by atoms with Crippen LogP contribution in [-0.4, -0.2) is 24.6 Å². The van der Waals surface area contributed by atoms with E-state index in [1.807, 2.05) is 23.6 Å². The van der Waals surface area contributed by atoms with Crippen LogP contribution >= 0.6 is 11.3 Å². The fraction of sp³-hybridized carbons (Fsp3) is 0.333. The summed E-state index contributed by atoms with van der Waals surface area (Å²) < 4.78 is 10.9. The van der Waals surface area contributed by atoms with E-state index >= 15 is 0 Å². The molecule has 6 heteroatoms. The Labute approximate surface area is 126 Å². The van der Waals surface area contributed by atoms with Crippen LogP contribution in [0.1, 0.15) is 11.3 Å². The van der Waals surface area contributed by atoms with Gasteiger partial charge in [0.1, 0.15) is 18.1 Å². The molecule has 1 amide bonds. The average molecular weight is 304 g/mol. The Balaban J connectivity index is 1.63. The van der Waals surface area contributed by atoms with Crippen LogP contribution in [0.2, 0.25) is 0 Å². The Morgan fingerprint density at radius 1 is 1.57 bits per heavy atom. The third-order valence-electron chi connectivity index (χ3n) is 3.47. The van der Waals surface area contributed by atoms with E-state index in [2.05, 4.69) is 10.3 Å². The molecule has 21 heavy (non-hydrogen) atoms. The molecule has 5 nitrogen and oxygen atoms in total. The van der Waals surface area contributed by atoms with Crippen molar-refractivity contribution in [1.29, 1.82) is 0 Å². The van der Waals surface area contributed by atoms with Gasteiger partial charge in [0, 0.05) is 5.38 Å². The number of nitrogens with zero attached hydrogens (tertiary/aromatic N) is 1. The number of nitrogens with one attached hydrogen (secondary N) is 1. The lowest BCUT2D eigenvalue weighted by molar-refractivity contribution is -0.126. The van der Waals surface area contributed by atoms with Crippen LogP contribution < -0.4 is 14.8 Å². The van der Waals surface area contributed by atoms with Gasteiger partial charge in [-0.2, -0.15) is 0 Å². The van der Waals surface area contributed by atoms with E-state index in [-0.39, 0.29) is 11.8 Å². The normalized spacial score (nSPS) is 16.7. The standard InChI is InChI=1S/C15H16N2O3S/c1-19-13-2-3-14-10(5-13)4-11(7-20-14)15(18)16-6-12-8-21-9-17-12/h2-3,5,8-9,11H,4,6-7H2,1H3,(H,16,18). The van der Waals surface area contributed by atoms with Crippen LogP contribution in [0.25, 0.3) is 0 Å². The van der Waals surface area contributed by atoms with Crippen molar-refractivity contribution in [1.82, 2.24) is 10.3 Å². The first kappa shape index (κ1) is 13.9. The van der Waals surface area contributed by atoms with Gasteiger partial charge in [0.15, 0.2) is 0 Å². The first-order valence-electron chi connectivity index (χ1n) is 6.71. The SMILES string of the molecule is COc1ccc2c(c1)CC(C(=O)NCc1cscn1)CO2. The van der Waals surface area contributed by atoms with Crippen LogP contribution in [0.15, 0.2) is 29.1 Å². The third kappa shape index (κ3) is 3.16. The van der Waals surface area contributed by atoms with E-state index in [9.17, 15) is 4.79 Å². The fourth-order valence-electron chi connectivity index (χ4n) is 2.31. The molecular formula is C15H16N2O3S. The van der Waals surface area contributed by atoms with Crippen LogP contribution in [0, 0.1) is 5.92 Å². The van der Waals surface area contributed by atoms with Crippen molar-refractivity contribution < 1.29 is 14.3 Å². The summed E-state index contributed by atoms with van der Waals surface area (Å²) in [7, 11) is 1.63. The zero-order chi connectivity index (χ0) is 14.7. The third-order valence-corrected chi connectivity index (χ3v) is 4.11. The van der Waals surface area contributed by atoms with E-state index in [1.165, 1.54) is 11.3 Å². The van der Waals surface area contributed by atoms with Gasteiger partial charge in [-0.25, -0.2) is 4.98 Å². The molecule has 2 aromatic rings. The van der Waals surface area contributed by atoms with Crippen LogP contribution in [0.4, 0.5) is 0 Å². The van der Waals surface area contributed by atoms with Gasteiger partial charge in [-0.3, -0.25) is 4.79 Å². The number of hydrogen-bond acceptors (Lipinski definition) is 5. The summed E-state index contributed by atoms with van der Waals surface area (Å²) in [5.74, 6) is 1.43. The number of aromatic nitrogens is 1. The Kier molecular flexibility index (Phi) is 4.06. The number of rotatable bonds is 4. The van der Waals surface area contributed by atoms with Gasteiger partial charge in [0.2, 0.25) is 5.91 Å². The summed E-state index contributed by atoms with van der Waals surface area (Å²) in [5.41, 5.74) is 3.65. The Bertz CT molecular complexity index is 628. The largest absolute Gasteiger partial charge is 0.497 e. The molecule has 1 aliphatic rings. The summed E-state index contributed by atoms with van der Waals surface area (Å²) in [4.78, 5) is 16.4. The number of carbonyl (C=O) groups excluding carboxylic acids is 1. The van der Waals surface area contributed by atoms with Gasteiger partial charge in [-0.05, 0) is 30.2 Å². The molecule has 0 bridgehead atoms. The first-order valence-corrected chi connectivity index (χ1v) is 7.65. The monoisotopic (exact) mass is 304 g/mol. The number of ether oxygens (including phenoxy) is 2. The molecule has 3 rings (SSSR count). The second-order valence-corrected chi connectivity index (χ2v) is 5.60. The summed E-state index contributed by atoms with van der Waals surface area (Å²) in [6.45, 7) is 0.867. The van der Waals surface area contributed by atoms with Crippen molar-refractivity contribution in [3.63, 3.8) is 0 Å². The molecule has 0 spiro atoms. The van der Waals surface area contributed by atoms with E-state index in [0.717, 1.165) is 22.8 Å². The van der Waals surface area contributed by atoms with E-state index < -0.39 is 0 Å². The Morgan fingerprint density at radius 3 is 3.24 bits per heavy atom. The highest BCUT2D eigenvalue weighted by atomic mass is 32.1. The number of thiazole rings is 1. The van der Waals surface area contributed by atoms with Crippen LogP contribution in [0.3, 0.4) is 0 Å². The van der Waals surface area contributed by atoms with E-state index in [0.29, 0.717) is 19.6 Å². The maximum absolute atomic E-state index is 12.2. The first-order chi connectivity index (χ1) is 10.3. The molecule has 2 heterocycles. The van der Waals surface area contributed by atoms with Gasteiger partial charge in [-0.15, -0.1) is 11.3 Å². The molecule has 0 fully saturated rings. The number of fused-ring (bicyclic) bond motifs is 1. The minimum Gasteiger partial charge on any atom is -0.497 e. The summed E-state index contributed by atoms with van der Waals surface area (Å²) in [6, 6.07) is 5.67. The van der Waals surface area contributed by atoms with Gasteiger partial charge < -0.3 is 14.8 Å². The molecule has 1 aromatic heterocycles. The fourth-order valence-corrected chi connectivity index (χ4v) is 2.87. The van der Waals surface area contributed by atoms with E-state index in [1.54, 1.807) is 12.6 Å². The smallest absolute Gasteiger partial charge is 0.227 e. The van der Waals surface area contributed by atoms with Crippen LogP contribution in [-0.2, 0) is 17.8 Å². The van der Waals surface area contributed by atoms with Crippen LogP contribution in [0.5, 0.6) is 11.5 Å². The predicted molar refractivity (Wildman–Crippen MR) is 79.6 cm³/mol. The molecule has 0 radical (unpaired) electrons. The predicted octanol–water partition coefficient (Wildman–Crippen LogP) is 2.02. The molecule has 1 N–H and O–H groups in total. The molecule has 1 unspecified atom stereocenters. The lowest BCUT2D eigenvalue weighted by atomic mass is 9.96. The number of amides is 1. The quantitative estimate of drug-likeness (QED) is 0.939. The number of carbonyl (C=O) groups is 1. The molecule has 1 aromatic carbocycles. The maximum Gasteiger partial charge on any atom is 0.227 e. The number of hydrogen-bond donors (Lipinski definition) is 1. The van der Waals surface area contributed by atoms with Gasteiger partial charge in [-0.1, -0.05) is 0 Å². The van der Waals surface area contributed by atoms with Gasteiger partial charge >= 0.3 is 0 Å². The Hall–Kier alpha value is -2.08. The van der Waals surface area contributed by atoms with Crippen molar-refractivity contribution in [3.8, 4) is 11.5 Å². The highest BCUT2D eigenvalue weighted by Gasteiger charge is 2.26. The molecule has 1 atom stereocenters. The van der Waals surface area contributed by atoms with Gasteiger partial charge in [0.05, 0.1) is 30.8 Å². The van der Waals surface area contributed by atoms with Crippen molar-refractivity contribution >= 4 is 17.2 Å². The summed E-state index contributed by atoms with van der Waals surface area (Å²) in [5, 5.41) is 4.84. The molecule has 110 valence electrons. The highest BCUT2D eigenvalue weighted by molar-refractivity contribution is 7.07. The average Bonchev–Trinajstić information content (AvgIpc) is 3.04. The second kappa shape index (κ2) is 6.13. The zero-order valence-corrected chi connectivity index (χ0v) is 12.5. The molecule has 1 aliphatic heterocycles. The highest BCUT2D eigenvalue weighted by Crippen LogP contribution is 2.30. The number of methoxy groups -OCH3 is 1. The number of benzene rings is 1. The lowest BCUT2D eigenvalue weighted by Gasteiger charge is -2.24. The lowest BCUT2D eigenvalue weighted by Crippen LogP contribution is -2.37. The van der Waals surface area contributed by atoms with Crippen molar-refractivity contribution in [2.45, 2.75) is 13.0 Å². The molecule has 0 saturated carbocycles. The topological polar surface area (TPSA) is 60.5 Å². The summed E-state index contributed by atoms with van der Waals surface area (Å²) in [6.07, 6.45) is 0.662. The Morgan fingerprint density at radius 2 is 2.48 bits per heavy atom. The van der Waals surface area contributed by atoms with E-state index in [4.69, 9.17) is 9.47 Å².